The van der Waals surface area contributed by atoms with Crippen molar-refractivity contribution >= 4 is 69.3 Å². The van der Waals surface area contributed by atoms with Crippen molar-refractivity contribution in [3.05, 3.63) is 100 Å². The molecule has 5 rings (SSSR count). The molecule has 0 saturated carbocycles. The largest absolute Gasteiger partial charge is 0.457 e. The molecule has 0 aliphatic rings. The van der Waals surface area contributed by atoms with Crippen LogP contribution in [-0.4, -0.2) is 16.0 Å². The molecule has 5 aromatic rings. The van der Waals surface area contributed by atoms with E-state index in [-0.39, 0.29) is 5.11 Å². The lowest BCUT2D eigenvalue weighted by Gasteiger charge is -2.08. The molecule has 0 saturated heterocycles. The van der Waals surface area contributed by atoms with Gasteiger partial charge in [-0.25, -0.2) is 4.98 Å². The molecule has 0 spiro atoms. The van der Waals surface area contributed by atoms with E-state index in [0.717, 1.165) is 16.7 Å². The van der Waals surface area contributed by atoms with E-state index in [1.807, 2.05) is 36.4 Å². The first-order valence-corrected chi connectivity index (χ1v) is 13.3. The van der Waals surface area contributed by atoms with Crippen molar-refractivity contribution in [3.8, 4) is 22.8 Å². The standard InChI is InChI=1S/C30H23Cl2N3O3S/c1-17(2)18-6-11-27-25(15-18)34-29(38-27)19-4-3-5-21(14-19)33-30(39)35-28(36)13-9-22-8-12-26(37-22)23-10-7-20(31)16-24(23)32/h3-17H,1-2H3,(H2,33,35,36,39)/b13-9+. The van der Waals surface area contributed by atoms with E-state index in [1.165, 1.54) is 11.6 Å². The molecule has 0 aliphatic heterocycles. The molecule has 9 heteroatoms. The number of hydrogen-bond acceptors (Lipinski definition) is 5. The van der Waals surface area contributed by atoms with E-state index < -0.39 is 5.91 Å². The predicted octanol–water partition coefficient (Wildman–Crippen LogP) is 8.71. The number of anilines is 1. The van der Waals surface area contributed by atoms with Gasteiger partial charge in [0, 0.05) is 27.9 Å². The molecule has 0 aliphatic carbocycles. The molecule has 2 heterocycles. The van der Waals surface area contributed by atoms with Crippen molar-refractivity contribution < 1.29 is 13.6 Å². The number of hydrogen-bond donors (Lipinski definition) is 2. The second-order valence-corrected chi connectivity index (χ2v) is 10.3. The Hall–Kier alpha value is -3.91. The number of aromatic nitrogens is 1. The molecule has 6 nitrogen and oxygen atoms in total. The highest BCUT2D eigenvalue weighted by molar-refractivity contribution is 7.80. The van der Waals surface area contributed by atoms with E-state index in [1.54, 1.807) is 36.4 Å². The quantitative estimate of drug-likeness (QED) is 0.156. The van der Waals surface area contributed by atoms with Crippen LogP contribution < -0.4 is 10.6 Å². The summed E-state index contributed by atoms with van der Waals surface area (Å²) in [5, 5.41) is 6.81. The van der Waals surface area contributed by atoms with E-state index in [9.17, 15) is 4.79 Å². The van der Waals surface area contributed by atoms with Crippen molar-refractivity contribution in [2.75, 3.05) is 5.32 Å². The number of amides is 1. The van der Waals surface area contributed by atoms with Gasteiger partial charge < -0.3 is 14.2 Å². The number of oxazole rings is 1. The Balaban J connectivity index is 1.21. The monoisotopic (exact) mass is 575 g/mol. The Morgan fingerprint density at radius 2 is 1.85 bits per heavy atom. The van der Waals surface area contributed by atoms with Gasteiger partial charge in [-0.3, -0.25) is 10.1 Å². The Bertz CT molecular complexity index is 1720. The molecule has 39 heavy (non-hydrogen) atoms. The van der Waals surface area contributed by atoms with Gasteiger partial charge in [-0.15, -0.1) is 0 Å². The molecule has 3 aromatic carbocycles. The van der Waals surface area contributed by atoms with Gasteiger partial charge in [-0.1, -0.05) is 49.2 Å². The number of fused-ring (bicyclic) bond motifs is 1. The Labute approximate surface area is 240 Å². The summed E-state index contributed by atoms with van der Waals surface area (Å²) in [6, 6.07) is 22.1. The smallest absolute Gasteiger partial charge is 0.250 e. The summed E-state index contributed by atoms with van der Waals surface area (Å²) >= 11 is 17.5. The lowest BCUT2D eigenvalue weighted by Crippen LogP contribution is -2.32. The van der Waals surface area contributed by atoms with E-state index >= 15 is 0 Å². The predicted molar refractivity (Wildman–Crippen MR) is 161 cm³/mol. The Morgan fingerprint density at radius 1 is 1.00 bits per heavy atom. The number of furan rings is 1. The van der Waals surface area contributed by atoms with Crippen LogP contribution in [0.4, 0.5) is 5.69 Å². The van der Waals surface area contributed by atoms with Gasteiger partial charge in [-0.05, 0) is 90.4 Å². The maximum Gasteiger partial charge on any atom is 0.250 e. The zero-order chi connectivity index (χ0) is 27.5. The fourth-order valence-corrected chi connectivity index (χ4v) is 4.63. The first-order chi connectivity index (χ1) is 18.7. The fourth-order valence-electron chi connectivity index (χ4n) is 3.91. The van der Waals surface area contributed by atoms with Crippen LogP contribution in [-0.2, 0) is 4.79 Å². The second kappa shape index (κ2) is 11.5. The number of rotatable bonds is 6. The number of benzene rings is 3. The summed E-state index contributed by atoms with van der Waals surface area (Å²) in [5.74, 6) is 1.54. The van der Waals surface area contributed by atoms with Gasteiger partial charge in [0.2, 0.25) is 11.8 Å². The number of nitrogens with zero attached hydrogens (tertiary/aromatic N) is 1. The van der Waals surface area contributed by atoms with Crippen LogP contribution in [0.3, 0.4) is 0 Å². The maximum absolute atomic E-state index is 12.4. The Morgan fingerprint density at radius 3 is 2.64 bits per heavy atom. The zero-order valence-corrected chi connectivity index (χ0v) is 23.3. The van der Waals surface area contributed by atoms with E-state index in [2.05, 4.69) is 35.5 Å². The van der Waals surface area contributed by atoms with Gasteiger partial charge in [0.1, 0.15) is 17.0 Å². The number of thiocarbonyl (C=S) groups is 1. The van der Waals surface area contributed by atoms with Gasteiger partial charge in [0.15, 0.2) is 10.7 Å². The van der Waals surface area contributed by atoms with Gasteiger partial charge in [-0.2, -0.15) is 0 Å². The van der Waals surface area contributed by atoms with Crippen molar-refractivity contribution in [2.24, 2.45) is 0 Å². The molecule has 1 amide bonds. The number of nitrogens with one attached hydrogen (secondary N) is 2. The van der Waals surface area contributed by atoms with Crippen LogP contribution >= 0.6 is 35.4 Å². The number of carbonyl (C=O) groups excluding carboxylic acids is 1. The molecule has 0 radical (unpaired) electrons. The first-order valence-electron chi connectivity index (χ1n) is 12.1. The van der Waals surface area contributed by atoms with Gasteiger partial charge in [0.05, 0.1) is 5.02 Å². The lowest BCUT2D eigenvalue weighted by molar-refractivity contribution is -0.115. The molecule has 2 N–H and O–H groups in total. The summed E-state index contributed by atoms with van der Waals surface area (Å²) in [6.45, 7) is 4.28. The van der Waals surface area contributed by atoms with Crippen molar-refractivity contribution in [3.63, 3.8) is 0 Å². The summed E-state index contributed by atoms with van der Waals surface area (Å²) in [7, 11) is 0. The topological polar surface area (TPSA) is 80.3 Å². The summed E-state index contributed by atoms with van der Waals surface area (Å²) in [4.78, 5) is 17.1. The third kappa shape index (κ3) is 6.40. The Kier molecular flexibility index (Phi) is 7.84. The van der Waals surface area contributed by atoms with Crippen molar-refractivity contribution in [1.29, 1.82) is 0 Å². The van der Waals surface area contributed by atoms with E-state index in [0.29, 0.717) is 44.6 Å². The van der Waals surface area contributed by atoms with Crippen molar-refractivity contribution in [2.45, 2.75) is 19.8 Å². The molecular formula is C30H23Cl2N3O3S. The number of carbonyl (C=O) groups is 1. The summed E-state index contributed by atoms with van der Waals surface area (Å²) < 4.78 is 11.7. The molecule has 2 aromatic heterocycles. The minimum atomic E-state index is -0.411. The van der Waals surface area contributed by atoms with Crippen LogP contribution in [0, 0.1) is 0 Å². The molecule has 0 unspecified atom stereocenters. The molecule has 196 valence electrons. The zero-order valence-electron chi connectivity index (χ0n) is 21.0. The minimum Gasteiger partial charge on any atom is -0.457 e. The third-order valence-electron chi connectivity index (χ3n) is 5.90. The SMILES string of the molecule is CC(C)c1ccc2oc(-c3cccc(NC(=S)NC(=O)/C=C/c4ccc(-c5ccc(Cl)cc5Cl)o4)c3)nc2c1. The van der Waals surface area contributed by atoms with Crippen LogP contribution in [0.2, 0.25) is 10.0 Å². The summed E-state index contributed by atoms with van der Waals surface area (Å²) in [5.41, 5.74) is 4.90. The van der Waals surface area contributed by atoms with Crippen LogP contribution in [0.1, 0.15) is 31.1 Å². The molecule has 0 fully saturated rings. The van der Waals surface area contributed by atoms with Gasteiger partial charge in [0.25, 0.3) is 0 Å². The molecule has 0 bridgehead atoms. The lowest BCUT2D eigenvalue weighted by atomic mass is 10.0. The van der Waals surface area contributed by atoms with E-state index in [4.69, 9.17) is 44.3 Å². The second-order valence-electron chi connectivity index (χ2n) is 9.08. The minimum absolute atomic E-state index is 0.147. The first kappa shape index (κ1) is 26.7. The maximum atomic E-state index is 12.4. The number of halogens is 2. The normalized spacial score (nSPS) is 11.4. The molecule has 0 atom stereocenters. The summed E-state index contributed by atoms with van der Waals surface area (Å²) in [6.07, 6.45) is 2.88. The average molecular weight is 577 g/mol. The molecular weight excluding hydrogens is 553 g/mol. The third-order valence-corrected chi connectivity index (χ3v) is 6.66. The fraction of sp³-hybridized carbons (Fsp3) is 0.100. The van der Waals surface area contributed by atoms with Crippen LogP contribution in [0.5, 0.6) is 0 Å². The highest BCUT2D eigenvalue weighted by Crippen LogP contribution is 2.32. The van der Waals surface area contributed by atoms with Gasteiger partial charge >= 0.3 is 0 Å². The van der Waals surface area contributed by atoms with Crippen LogP contribution in [0.25, 0.3) is 40.0 Å². The average Bonchev–Trinajstić information content (AvgIpc) is 3.54. The highest BCUT2D eigenvalue weighted by atomic mass is 35.5. The van der Waals surface area contributed by atoms with Crippen molar-refractivity contribution in [1.82, 2.24) is 10.3 Å². The van der Waals surface area contributed by atoms with Crippen LogP contribution in [0.15, 0.2) is 87.7 Å². The highest BCUT2D eigenvalue weighted by Gasteiger charge is 2.12.